The second-order valence-electron chi connectivity index (χ2n) is 4.91. The van der Waals surface area contributed by atoms with Crippen LogP contribution in [0.25, 0.3) is 21.7 Å². The monoisotopic (exact) mass is 263 g/mol. The summed E-state index contributed by atoms with van der Waals surface area (Å²) in [5.74, 6) is -1.19. The van der Waals surface area contributed by atoms with Gasteiger partial charge in [0.25, 0.3) is 0 Å². The summed E-state index contributed by atoms with van der Waals surface area (Å²) in [4.78, 5) is 28.2. The van der Waals surface area contributed by atoms with E-state index >= 15 is 0 Å². The number of cyclic esters (lactones) is 2. The molecule has 1 aliphatic heterocycles. The van der Waals surface area contributed by atoms with Gasteiger partial charge >= 0.3 is 11.9 Å². The fourth-order valence-electron chi connectivity index (χ4n) is 2.72. The molecule has 3 aromatic rings. The first-order valence-electron chi connectivity index (χ1n) is 6.24. The molecule has 4 nitrogen and oxygen atoms in total. The van der Waals surface area contributed by atoms with Crippen molar-refractivity contribution in [2.24, 2.45) is 0 Å². The van der Waals surface area contributed by atoms with Crippen molar-refractivity contribution in [1.82, 2.24) is 4.98 Å². The number of benzene rings is 2. The molecule has 0 atom stereocenters. The van der Waals surface area contributed by atoms with Crippen LogP contribution in [0.5, 0.6) is 0 Å². The Morgan fingerprint density at radius 1 is 1.05 bits per heavy atom. The van der Waals surface area contributed by atoms with Gasteiger partial charge in [-0.2, -0.15) is 0 Å². The molecule has 4 heteroatoms. The van der Waals surface area contributed by atoms with Crippen LogP contribution in [-0.2, 0) is 4.74 Å². The van der Waals surface area contributed by atoms with E-state index in [1.165, 1.54) is 0 Å². The number of rotatable bonds is 0. The number of fused-ring (bicyclic) bond motifs is 2. The molecule has 0 bridgehead atoms. The lowest BCUT2D eigenvalue weighted by molar-refractivity contribution is 0.0391. The molecule has 1 aromatic heterocycles. The van der Waals surface area contributed by atoms with Crippen molar-refractivity contribution in [3.63, 3.8) is 0 Å². The highest BCUT2D eigenvalue weighted by Gasteiger charge is 2.28. The highest BCUT2D eigenvalue weighted by atomic mass is 16.6. The Kier molecular flexibility index (Phi) is 2.02. The number of esters is 2. The molecule has 0 spiro atoms. The van der Waals surface area contributed by atoms with Crippen molar-refractivity contribution in [3.8, 4) is 0 Å². The predicted molar refractivity (Wildman–Crippen MR) is 73.7 cm³/mol. The van der Waals surface area contributed by atoms with Crippen LogP contribution in [0.4, 0.5) is 0 Å². The standard InChI is InChI=1S/C16H9NO3/c1-8-5-9-6-12-13-10(14(9)17-7-8)3-2-4-11(13)15(18)20-16(12)19/h2-7H,1H3. The molecule has 0 N–H and O–H groups in total. The zero-order valence-electron chi connectivity index (χ0n) is 10.6. The Hall–Kier alpha value is -2.75. The van der Waals surface area contributed by atoms with E-state index in [0.29, 0.717) is 16.5 Å². The summed E-state index contributed by atoms with van der Waals surface area (Å²) < 4.78 is 4.78. The van der Waals surface area contributed by atoms with Crippen LogP contribution in [-0.4, -0.2) is 16.9 Å². The fraction of sp³-hybridized carbons (Fsp3) is 0.0625. The van der Waals surface area contributed by atoms with E-state index in [1.54, 1.807) is 24.4 Å². The van der Waals surface area contributed by atoms with Gasteiger partial charge in [0, 0.05) is 22.4 Å². The second kappa shape index (κ2) is 3.63. The number of nitrogens with zero attached hydrogens (tertiary/aromatic N) is 1. The number of hydrogen-bond donors (Lipinski definition) is 0. The van der Waals surface area contributed by atoms with Crippen molar-refractivity contribution in [2.45, 2.75) is 6.92 Å². The molecule has 0 unspecified atom stereocenters. The maximum absolute atomic E-state index is 11.9. The summed E-state index contributed by atoms with van der Waals surface area (Å²) in [5.41, 5.74) is 2.65. The van der Waals surface area contributed by atoms with Gasteiger partial charge in [0.1, 0.15) is 0 Å². The van der Waals surface area contributed by atoms with Gasteiger partial charge in [0.05, 0.1) is 16.6 Å². The summed E-state index contributed by atoms with van der Waals surface area (Å²) >= 11 is 0. The van der Waals surface area contributed by atoms with E-state index in [4.69, 9.17) is 4.74 Å². The van der Waals surface area contributed by atoms with Crippen LogP contribution in [0, 0.1) is 6.92 Å². The Bertz CT molecular complexity index is 928. The Morgan fingerprint density at radius 3 is 2.70 bits per heavy atom. The quantitative estimate of drug-likeness (QED) is 0.355. The van der Waals surface area contributed by atoms with Gasteiger partial charge in [0.15, 0.2) is 0 Å². The molecule has 1 aliphatic rings. The zero-order valence-corrected chi connectivity index (χ0v) is 10.6. The van der Waals surface area contributed by atoms with Gasteiger partial charge in [-0.05, 0) is 30.7 Å². The van der Waals surface area contributed by atoms with Crippen LogP contribution in [0.1, 0.15) is 26.3 Å². The number of carbonyl (C=O) groups excluding carboxylic acids is 2. The molecule has 0 aliphatic carbocycles. The molecule has 0 fully saturated rings. The highest BCUT2D eigenvalue weighted by Crippen LogP contribution is 2.33. The van der Waals surface area contributed by atoms with Crippen LogP contribution in [0.3, 0.4) is 0 Å². The lowest BCUT2D eigenvalue weighted by atomic mass is 9.94. The number of ether oxygens (including phenoxy) is 1. The third-order valence-electron chi connectivity index (χ3n) is 3.57. The van der Waals surface area contributed by atoms with Crippen molar-refractivity contribution in [2.75, 3.05) is 0 Å². The number of aryl methyl sites for hydroxylation is 1. The molecule has 0 saturated heterocycles. The largest absolute Gasteiger partial charge is 0.386 e. The summed E-state index contributed by atoms with van der Waals surface area (Å²) in [6, 6.07) is 9.03. The van der Waals surface area contributed by atoms with Crippen molar-refractivity contribution < 1.29 is 14.3 Å². The average molecular weight is 263 g/mol. The van der Waals surface area contributed by atoms with Gasteiger partial charge in [-0.25, -0.2) is 9.59 Å². The molecule has 2 aromatic carbocycles. The average Bonchev–Trinajstić information content (AvgIpc) is 2.43. The molecule has 2 heterocycles. The van der Waals surface area contributed by atoms with Crippen molar-refractivity contribution in [1.29, 1.82) is 0 Å². The van der Waals surface area contributed by atoms with Crippen LogP contribution in [0.2, 0.25) is 0 Å². The Morgan fingerprint density at radius 2 is 1.85 bits per heavy atom. The molecular formula is C16H9NO3. The van der Waals surface area contributed by atoms with E-state index in [0.717, 1.165) is 21.9 Å². The minimum Gasteiger partial charge on any atom is -0.386 e. The normalized spacial score (nSPS) is 13.8. The topological polar surface area (TPSA) is 56.3 Å². The third-order valence-corrected chi connectivity index (χ3v) is 3.57. The molecular weight excluding hydrogens is 254 g/mol. The smallest absolute Gasteiger partial charge is 0.346 e. The minimum absolute atomic E-state index is 0.418. The molecule has 20 heavy (non-hydrogen) atoms. The van der Waals surface area contributed by atoms with E-state index < -0.39 is 11.9 Å². The number of hydrogen-bond acceptors (Lipinski definition) is 4. The zero-order chi connectivity index (χ0) is 13.9. The summed E-state index contributed by atoms with van der Waals surface area (Å²) in [6.07, 6.45) is 1.78. The SMILES string of the molecule is Cc1cnc2c(c1)cc1c3c(cccc32)C(=O)OC1=O. The van der Waals surface area contributed by atoms with Crippen LogP contribution < -0.4 is 0 Å². The molecule has 0 saturated carbocycles. The third kappa shape index (κ3) is 1.33. The lowest BCUT2D eigenvalue weighted by Crippen LogP contribution is -2.19. The van der Waals surface area contributed by atoms with E-state index in [9.17, 15) is 9.59 Å². The fourth-order valence-corrected chi connectivity index (χ4v) is 2.72. The summed E-state index contributed by atoms with van der Waals surface area (Å²) in [5, 5.41) is 2.31. The van der Waals surface area contributed by atoms with Gasteiger partial charge in [-0.3, -0.25) is 4.98 Å². The lowest BCUT2D eigenvalue weighted by Gasteiger charge is -2.16. The number of carbonyl (C=O) groups is 2. The Balaban J connectivity index is 2.30. The first-order valence-corrected chi connectivity index (χ1v) is 6.24. The molecule has 0 amide bonds. The van der Waals surface area contributed by atoms with Crippen LogP contribution >= 0.6 is 0 Å². The molecule has 4 rings (SSSR count). The van der Waals surface area contributed by atoms with Gasteiger partial charge < -0.3 is 4.74 Å². The minimum atomic E-state index is -0.598. The second-order valence-corrected chi connectivity index (χ2v) is 4.91. The van der Waals surface area contributed by atoms with Crippen LogP contribution in [0.15, 0.2) is 36.5 Å². The van der Waals surface area contributed by atoms with E-state index in [-0.39, 0.29) is 0 Å². The number of aromatic nitrogens is 1. The van der Waals surface area contributed by atoms with Crippen molar-refractivity contribution >= 4 is 33.6 Å². The molecule has 96 valence electrons. The number of pyridine rings is 1. The summed E-state index contributed by atoms with van der Waals surface area (Å²) in [6.45, 7) is 1.94. The van der Waals surface area contributed by atoms with Crippen molar-refractivity contribution in [3.05, 3.63) is 53.2 Å². The highest BCUT2D eigenvalue weighted by molar-refractivity contribution is 6.25. The first-order chi connectivity index (χ1) is 9.65. The first kappa shape index (κ1) is 11.1. The maximum Gasteiger partial charge on any atom is 0.346 e. The van der Waals surface area contributed by atoms with E-state index in [2.05, 4.69) is 4.98 Å². The summed E-state index contributed by atoms with van der Waals surface area (Å²) in [7, 11) is 0. The Labute approximate surface area is 114 Å². The van der Waals surface area contributed by atoms with Gasteiger partial charge in [-0.15, -0.1) is 0 Å². The van der Waals surface area contributed by atoms with Gasteiger partial charge in [-0.1, -0.05) is 12.1 Å². The van der Waals surface area contributed by atoms with E-state index in [1.807, 2.05) is 19.1 Å². The molecule has 0 radical (unpaired) electrons. The van der Waals surface area contributed by atoms with Gasteiger partial charge in [0.2, 0.25) is 0 Å². The predicted octanol–water partition coefficient (Wildman–Crippen LogP) is 3.01. The maximum atomic E-state index is 11.9.